The van der Waals surface area contributed by atoms with Crippen molar-refractivity contribution >= 4 is 17.1 Å². The van der Waals surface area contributed by atoms with Crippen molar-refractivity contribution in [3.8, 4) is 11.5 Å². The van der Waals surface area contributed by atoms with Crippen LogP contribution in [-0.2, 0) is 18.5 Å². The molecule has 0 atom stereocenters. The first kappa shape index (κ1) is 30.8. The Morgan fingerprint density at radius 3 is 1.41 bits per heavy atom. The van der Waals surface area contributed by atoms with E-state index in [0.29, 0.717) is 36.4 Å². The van der Waals surface area contributed by atoms with Crippen LogP contribution in [0.3, 0.4) is 0 Å². The summed E-state index contributed by atoms with van der Waals surface area (Å²) in [6, 6.07) is 4.57. The van der Waals surface area contributed by atoms with Gasteiger partial charge in [-0.05, 0) is 42.5 Å². The van der Waals surface area contributed by atoms with Crippen molar-refractivity contribution in [3.63, 3.8) is 0 Å². The van der Waals surface area contributed by atoms with Crippen LogP contribution in [0, 0.1) is 26.0 Å². The molecule has 46 heavy (non-hydrogen) atoms. The molecule has 21 heteroatoms. The summed E-state index contributed by atoms with van der Waals surface area (Å²) in [6.45, 7) is 0. The third kappa shape index (κ3) is 14.5. The van der Waals surface area contributed by atoms with Crippen LogP contribution in [-0.4, -0.2) is 31.0 Å². The van der Waals surface area contributed by atoms with E-state index >= 15 is 0 Å². The summed E-state index contributed by atoms with van der Waals surface area (Å²) < 4.78 is 189. The minimum absolute atomic E-state index is 0. The van der Waals surface area contributed by atoms with Gasteiger partial charge in [0.2, 0.25) is 5.82 Å². The molecule has 3 rings (SSSR count). The molecular weight excluding hydrogens is 667 g/mol. The molecule has 0 aromatic heterocycles. The van der Waals surface area contributed by atoms with Gasteiger partial charge in [-0.2, -0.15) is 50.9 Å². The van der Waals surface area contributed by atoms with Gasteiger partial charge >= 0.3 is 59.5 Å². The summed E-state index contributed by atoms with van der Waals surface area (Å²) in [6.07, 6.45) is -14.0. The van der Waals surface area contributed by atoms with Crippen molar-refractivity contribution < 1.29 is 110 Å². The molecule has 0 radical (unpaired) electrons. The zero-order chi connectivity index (χ0) is 42.1. The number of nitrogens with zero attached hydrogens (tertiary/aromatic N) is 2. The van der Waals surface area contributed by atoms with Crippen LogP contribution in [0.2, 0.25) is 0 Å². The van der Waals surface area contributed by atoms with E-state index in [9.17, 15) is 64.1 Å². The molecule has 0 aliphatic carbocycles. The summed E-state index contributed by atoms with van der Waals surface area (Å²) in [4.78, 5) is 18.3. The van der Waals surface area contributed by atoms with Crippen molar-refractivity contribution in [1.82, 2.24) is 0 Å². The number of hydrogen-bond donors (Lipinski definition) is 1. The number of anilines is 1. The SMILES string of the molecule is C.O=[N+]([O-])c1cc(C(F)(F)F)ccc1F.[2H]C([2H])([2H])Oc1ccc(C(F)(F)F)cc1N.[2H]C([2H])([2H])Oc1ccc(C(F)(F)F)cc1[N+](=O)[O-].[2H]C([2H])([2H])[O-].[Na+]. The second kappa shape index (κ2) is 19.6. The number of alkyl halides is 9. The maximum absolute atomic E-state index is 12.6. The quantitative estimate of drug-likeness (QED) is 0.139. The van der Waals surface area contributed by atoms with Crippen LogP contribution in [0.1, 0.15) is 36.5 Å². The summed E-state index contributed by atoms with van der Waals surface area (Å²) in [5, 5.41) is 29.8. The minimum atomic E-state index is -4.76. The van der Waals surface area contributed by atoms with Crippen molar-refractivity contribution in [2.75, 3.05) is 26.8 Å². The molecule has 0 saturated heterocycles. The maximum atomic E-state index is 12.6. The zero-order valence-corrected chi connectivity index (χ0v) is 23.8. The molecule has 0 heterocycles. The Balaban J connectivity index is -0.000000685. The van der Waals surface area contributed by atoms with Crippen LogP contribution in [0.25, 0.3) is 0 Å². The Kier molecular flexibility index (Phi) is 13.1. The first-order valence-electron chi connectivity index (χ1n) is 14.8. The van der Waals surface area contributed by atoms with Crippen LogP contribution in [0.5, 0.6) is 11.5 Å². The van der Waals surface area contributed by atoms with Crippen LogP contribution in [0.15, 0.2) is 54.6 Å². The third-order valence-electron chi connectivity index (χ3n) is 4.51. The number of nitro groups is 2. The van der Waals surface area contributed by atoms with Gasteiger partial charge in [0.25, 0.3) is 0 Å². The Labute approximate surface area is 289 Å². The van der Waals surface area contributed by atoms with Crippen molar-refractivity contribution in [3.05, 3.63) is 97.3 Å². The molecule has 0 fully saturated rings. The Bertz CT molecular complexity index is 1720. The van der Waals surface area contributed by atoms with E-state index in [1.807, 2.05) is 0 Å². The summed E-state index contributed by atoms with van der Waals surface area (Å²) in [5.41, 5.74) is -0.812. The molecule has 0 unspecified atom stereocenters. The molecular formula is C25H24F10N3NaO7. The number of halogens is 10. The monoisotopic (exact) mass is 700 g/mol. The smallest absolute Gasteiger partial charge is 0.857 e. The van der Waals surface area contributed by atoms with E-state index in [4.69, 9.17) is 23.2 Å². The van der Waals surface area contributed by atoms with Gasteiger partial charge in [-0.15, -0.1) is 0 Å². The van der Waals surface area contributed by atoms with E-state index in [-0.39, 0.29) is 60.6 Å². The van der Waals surface area contributed by atoms with Crippen LogP contribution < -0.4 is 49.9 Å². The molecule has 2 N–H and O–H groups in total. The standard InChI is InChI=1S/C8H6F3NO3.C8H8F3NO.C7H3F4NO2.CH3O.CH4.Na/c1-15-7-3-2-5(8(9,10)11)4-6(7)12(13)14;1-13-7-3-2-5(4-6(7)12)8(9,10)11;8-5-2-1-4(7(9,10)11)3-6(5)12(13)14;1-2;;/h2-4H,1H3;2-4H,12H2,1H3;1-3H;1H3;1H4;/q;;;-1;;+1/i2*1D3;;1D3;;. The van der Waals surface area contributed by atoms with Gasteiger partial charge in [-0.3, -0.25) is 20.2 Å². The molecule has 0 aliphatic rings. The van der Waals surface area contributed by atoms with Gasteiger partial charge in [-0.25, -0.2) is 0 Å². The molecule has 3 aromatic rings. The topological polar surface area (TPSA) is 154 Å². The predicted molar refractivity (Wildman–Crippen MR) is 138 cm³/mol. The number of nitrogens with two attached hydrogens (primary N) is 1. The zero-order valence-electron chi connectivity index (χ0n) is 30.8. The van der Waals surface area contributed by atoms with Gasteiger partial charge in [0.15, 0.2) is 5.75 Å². The minimum Gasteiger partial charge on any atom is -0.857 e. The van der Waals surface area contributed by atoms with Crippen LogP contribution in [0.4, 0.5) is 61.0 Å². The number of rotatable bonds is 4. The fraction of sp³-hybridized carbons (Fsp3) is 0.280. The normalized spacial score (nSPS) is 14.2. The first-order chi connectivity index (χ1) is 23.4. The molecule has 0 aliphatic heterocycles. The Hall–Kier alpha value is -3.88. The number of nitro benzene ring substituents is 2. The summed E-state index contributed by atoms with van der Waals surface area (Å²) in [5.74, 6) is -2.33. The number of nitrogen functional groups attached to an aromatic ring is 1. The molecule has 0 amide bonds. The fourth-order valence-corrected chi connectivity index (χ4v) is 2.57. The molecule has 0 bridgehead atoms. The number of hydrogen-bond acceptors (Lipinski definition) is 8. The molecule has 0 saturated carbocycles. The second-order valence-electron chi connectivity index (χ2n) is 7.31. The largest absolute Gasteiger partial charge is 1.00 e. The maximum Gasteiger partial charge on any atom is 1.00 e. The van der Waals surface area contributed by atoms with Gasteiger partial charge in [0, 0.05) is 16.2 Å². The molecule has 0 spiro atoms. The number of ether oxygens (including phenoxy) is 2. The average molecular weight is 701 g/mol. The van der Waals surface area contributed by atoms with Gasteiger partial charge in [0.1, 0.15) is 5.75 Å². The van der Waals surface area contributed by atoms with E-state index in [2.05, 4.69) is 9.47 Å². The van der Waals surface area contributed by atoms with E-state index in [1.165, 1.54) is 0 Å². The molecule has 10 nitrogen and oxygen atoms in total. The third-order valence-corrected chi connectivity index (χ3v) is 4.51. The van der Waals surface area contributed by atoms with E-state index in [1.54, 1.807) is 0 Å². The predicted octanol–water partition coefficient (Wildman–Crippen LogP) is 4.29. The van der Waals surface area contributed by atoms with Gasteiger partial charge in [0.05, 0.1) is 54.5 Å². The Morgan fingerprint density at radius 2 is 1.04 bits per heavy atom. The number of benzene rings is 3. The second-order valence-corrected chi connectivity index (χ2v) is 7.31. The van der Waals surface area contributed by atoms with Crippen molar-refractivity contribution in [1.29, 1.82) is 0 Å². The van der Waals surface area contributed by atoms with Crippen molar-refractivity contribution in [2.24, 2.45) is 0 Å². The fourth-order valence-electron chi connectivity index (χ4n) is 2.57. The van der Waals surface area contributed by atoms with E-state index < -0.39 is 89.1 Å². The first-order valence-corrected chi connectivity index (χ1v) is 10.3. The van der Waals surface area contributed by atoms with Gasteiger partial charge < -0.3 is 20.3 Å². The van der Waals surface area contributed by atoms with Crippen molar-refractivity contribution in [2.45, 2.75) is 26.0 Å². The molecule has 3 aromatic carbocycles. The van der Waals surface area contributed by atoms with Gasteiger partial charge in [-0.1, -0.05) is 7.43 Å². The van der Waals surface area contributed by atoms with E-state index in [0.717, 1.165) is 6.07 Å². The molecule has 252 valence electrons. The average Bonchev–Trinajstić information content (AvgIpc) is 2.91. The Morgan fingerprint density at radius 1 is 0.696 bits per heavy atom. The summed E-state index contributed by atoms with van der Waals surface area (Å²) >= 11 is 0. The van der Waals surface area contributed by atoms with Crippen LogP contribution >= 0.6 is 0 Å². The summed E-state index contributed by atoms with van der Waals surface area (Å²) in [7, 11) is -8.72. The number of methoxy groups -OCH3 is 2.